The van der Waals surface area contributed by atoms with E-state index in [1.807, 2.05) is 0 Å². The summed E-state index contributed by atoms with van der Waals surface area (Å²) in [5.41, 5.74) is 3.13. The zero-order valence-corrected chi connectivity index (χ0v) is 15.5. The van der Waals surface area contributed by atoms with E-state index in [-0.39, 0.29) is 22.6 Å². The largest absolute Gasteiger partial charge is 0.494 e. The number of nitrogens with zero attached hydrogens (tertiary/aromatic N) is 1. The first-order chi connectivity index (χ1) is 13.7. The normalized spacial score (nSPS) is 22.4. The molecule has 140 valence electrons. The van der Waals surface area contributed by atoms with Crippen molar-refractivity contribution < 1.29 is 9.66 Å². The second-order valence-electron chi connectivity index (χ2n) is 7.41. The molecule has 5 nitrogen and oxygen atoms in total. The maximum atomic E-state index is 11.4. The Morgan fingerprint density at radius 1 is 1.11 bits per heavy atom. The summed E-state index contributed by atoms with van der Waals surface area (Å²) in [6, 6.07) is 18.1. The van der Waals surface area contributed by atoms with Gasteiger partial charge in [0.25, 0.3) is 5.69 Å². The van der Waals surface area contributed by atoms with E-state index in [0.29, 0.717) is 11.7 Å². The third-order valence-electron chi connectivity index (χ3n) is 6.01. The molecule has 1 aliphatic carbocycles. The second-order valence-corrected chi connectivity index (χ2v) is 7.41. The average molecular weight is 372 g/mol. The van der Waals surface area contributed by atoms with Gasteiger partial charge in [0.15, 0.2) is 0 Å². The fraction of sp³-hybridized carbons (Fsp3) is 0.217. The number of anilines is 1. The van der Waals surface area contributed by atoms with Crippen LogP contribution in [0.4, 0.5) is 11.4 Å². The topological polar surface area (TPSA) is 64.4 Å². The Balaban J connectivity index is 1.69. The minimum atomic E-state index is -0.354. The van der Waals surface area contributed by atoms with Gasteiger partial charge in [0.2, 0.25) is 0 Å². The van der Waals surface area contributed by atoms with E-state index in [1.54, 1.807) is 13.2 Å². The van der Waals surface area contributed by atoms with E-state index in [9.17, 15) is 10.1 Å². The van der Waals surface area contributed by atoms with Crippen LogP contribution < -0.4 is 10.1 Å². The number of allylic oxidation sites excluding steroid dienone is 2. The summed E-state index contributed by atoms with van der Waals surface area (Å²) >= 11 is 0. The molecule has 1 heterocycles. The van der Waals surface area contributed by atoms with Crippen LogP contribution in [-0.2, 0) is 0 Å². The third kappa shape index (κ3) is 2.47. The van der Waals surface area contributed by atoms with Crippen LogP contribution in [0.15, 0.2) is 66.7 Å². The predicted octanol–water partition coefficient (Wildman–Crippen LogP) is 5.58. The highest BCUT2D eigenvalue weighted by Gasteiger charge is 2.40. The van der Waals surface area contributed by atoms with Gasteiger partial charge in [-0.25, -0.2) is 0 Å². The van der Waals surface area contributed by atoms with E-state index in [1.165, 1.54) is 22.4 Å². The Bertz CT molecular complexity index is 1120. The summed E-state index contributed by atoms with van der Waals surface area (Å²) in [5, 5.41) is 17.5. The first-order valence-electron chi connectivity index (χ1n) is 9.44. The van der Waals surface area contributed by atoms with Gasteiger partial charge in [0.1, 0.15) is 5.75 Å². The zero-order valence-electron chi connectivity index (χ0n) is 15.5. The molecule has 1 aliphatic heterocycles. The van der Waals surface area contributed by atoms with Crippen molar-refractivity contribution in [2.75, 3.05) is 12.4 Å². The fourth-order valence-electron chi connectivity index (χ4n) is 4.75. The van der Waals surface area contributed by atoms with Crippen molar-refractivity contribution in [1.82, 2.24) is 0 Å². The maximum absolute atomic E-state index is 11.4. The molecule has 3 aromatic carbocycles. The van der Waals surface area contributed by atoms with Crippen molar-refractivity contribution in [3.8, 4) is 5.75 Å². The lowest BCUT2D eigenvalue weighted by Gasteiger charge is -2.38. The van der Waals surface area contributed by atoms with Gasteiger partial charge in [0.05, 0.1) is 29.8 Å². The number of fused-ring (bicyclic) bond motifs is 4. The number of hydrogen-bond donors (Lipinski definition) is 1. The number of methoxy groups -OCH3 is 1. The molecule has 0 bridgehead atoms. The lowest BCUT2D eigenvalue weighted by Crippen LogP contribution is -2.29. The quantitative estimate of drug-likeness (QED) is 0.370. The molecular weight excluding hydrogens is 352 g/mol. The summed E-state index contributed by atoms with van der Waals surface area (Å²) < 4.78 is 5.53. The third-order valence-corrected chi connectivity index (χ3v) is 6.01. The number of nitro groups is 1. The molecule has 5 rings (SSSR count). The molecule has 2 aliphatic rings. The monoisotopic (exact) mass is 372 g/mol. The van der Waals surface area contributed by atoms with Gasteiger partial charge in [0, 0.05) is 12.0 Å². The Kier molecular flexibility index (Phi) is 3.83. The summed E-state index contributed by atoms with van der Waals surface area (Å²) in [6.07, 6.45) is 5.32. The lowest BCUT2D eigenvalue weighted by molar-refractivity contribution is -0.385. The first kappa shape index (κ1) is 16.8. The van der Waals surface area contributed by atoms with Crippen molar-refractivity contribution >= 4 is 22.1 Å². The predicted molar refractivity (Wildman–Crippen MR) is 110 cm³/mol. The van der Waals surface area contributed by atoms with E-state index < -0.39 is 0 Å². The maximum Gasteiger partial charge on any atom is 0.273 e. The molecule has 0 aromatic heterocycles. The van der Waals surface area contributed by atoms with Crippen molar-refractivity contribution in [3.63, 3.8) is 0 Å². The molecule has 0 fully saturated rings. The number of hydrogen-bond acceptors (Lipinski definition) is 4. The zero-order chi connectivity index (χ0) is 19.3. The molecular formula is C23H20N2O3. The summed E-state index contributed by atoms with van der Waals surface area (Å²) in [7, 11) is 1.56. The van der Waals surface area contributed by atoms with Gasteiger partial charge in [-0.15, -0.1) is 0 Å². The van der Waals surface area contributed by atoms with Crippen molar-refractivity contribution in [3.05, 3.63) is 88.0 Å². The van der Waals surface area contributed by atoms with E-state index >= 15 is 0 Å². The minimum Gasteiger partial charge on any atom is -0.494 e. The smallest absolute Gasteiger partial charge is 0.273 e. The van der Waals surface area contributed by atoms with Crippen molar-refractivity contribution in [2.24, 2.45) is 5.92 Å². The molecule has 0 radical (unpaired) electrons. The van der Waals surface area contributed by atoms with Crippen molar-refractivity contribution in [1.29, 1.82) is 0 Å². The SMILES string of the molecule is COc1cc([N+](=O)[O-])cc2c1N[C@@H](c1cccc3ccccc13)[C@@H]1CC=C[C@H]21. The van der Waals surface area contributed by atoms with E-state index in [4.69, 9.17) is 4.74 Å². The molecule has 0 saturated heterocycles. The number of rotatable bonds is 3. The van der Waals surface area contributed by atoms with Gasteiger partial charge in [-0.2, -0.15) is 0 Å². The highest BCUT2D eigenvalue weighted by atomic mass is 16.6. The van der Waals surface area contributed by atoms with Gasteiger partial charge in [-0.3, -0.25) is 10.1 Å². The highest BCUT2D eigenvalue weighted by Crippen LogP contribution is 2.53. The van der Waals surface area contributed by atoms with Gasteiger partial charge < -0.3 is 10.1 Å². The van der Waals surface area contributed by atoms with Crippen LogP contribution in [0.2, 0.25) is 0 Å². The van der Waals surface area contributed by atoms with Crippen LogP contribution in [0, 0.1) is 16.0 Å². The Morgan fingerprint density at radius 2 is 1.93 bits per heavy atom. The van der Waals surface area contributed by atoms with Crippen LogP contribution in [0.3, 0.4) is 0 Å². The molecule has 3 atom stereocenters. The highest BCUT2D eigenvalue weighted by molar-refractivity contribution is 5.87. The Labute approximate surface area is 162 Å². The van der Waals surface area contributed by atoms with Crippen LogP contribution in [0.1, 0.15) is 29.5 Å². The molecule has 1 N–H and O–H groups in total. The molecule has 0 spiro atoms. The number of non-ortho nitro benzene ring substituents is 1. The average Bonchev–Trinajstić information content (AvgIpc) is 3.22. The number of nitro benzene ring substituents is 1. The van der Waals surface area contributed by atoms with E-state index in [0.717, 1.165) is 17.7 Å². The van der Waals surface area contributed by atoms with E-state index in [2.05, 4.69) is 59.9 Å². The summed E-state index contributed by atoms with van der Waals surface area (Å²) in [4.78, 5) is 11.0. The molecule has 5 heteroatoms. The Morgan fingerprint density at radius 3 is 2.75 bits per heavy atom. The second kappa shape index (κ2) is 6.37. The molecule has 28 heavy (non-hydrogen) atoms. The standard InChI is InChI=1S/C23H20N2O3/c1-28-21-13-15(25(26)27)12-20-17-9-5-11-19(17)22(24-23(20)21)18-10-4-7-14-6-2-3-8-16(14)18/h2-10,12-13,17,19,22,24H,11H2,1H3/t17-,19+,22-/m0/s1. The van der Waals surface area contributed by atoms with Gasteiger partial charge >= 0.3 is 0 Å². The van der Waals surface area contributed by atoms with Gasteiger partial charge in [-0.1, -0.05) is 54.6 Å². The molecule has 0 unspecified atom stereocenters. The fourth-order valence-corrected chi connectivity index (χ4v) is 4.75. The number of benzene rings is 3. The summed E-state index contributed by atoms with van der Waals surface area (Å²) in [6.45, 7) is 0. The first-order valence-corrected chi connectivity index (χ1v) is 9.44. The number of nitrogens with one attached hydrogen (secondary N) is 1. The lowest BCUT2D eigenvalue weighted by atomic mass is 9.76. The minimum absolute atomic E-state index is 0.0695. The molecule has 3 aromatic rings. The van der Waals surface area contributed by atoms with Crippen LogP contribution in [-0.4, -0.2) is 12.0 Å². The number of ether oxygens (including phenoxy) is 1. The van der Waals surface area contributed by atoms with Crippen LogP contribution >= 0.6 is 0 Å². The van der Waals surface area contributed by atoms with Crippen LogP contribution in [0.25, 0.3) is 10.8 Å². The van der Waals surface area contributed by atoms with Gasteiger partial charge in [-0.05, 0) is 34.2 Å². The molecule has 0 saturated carbocycles. The van der Waals surface area contributed by atoms with Crippen molar-refractivity contribution in [2.45, 2.75) is 18.4 Å². The molecule has 0 amide bonds. The van der Waals surface area contributed by atoms with Crippen LogP contribution in [0.5, 0.6) is 5.75 Å². The Hall–Kier alpha value is -3.34. The summed E-state index contributed by atoms with van der Waals surface area (Å²) in [5.74, 6) is 0.965.